The highest BCUT2D eigenvalue weighted by atomic mass is 32.2. The molecule has 8 heteroatoms. The Morgan fingerprint density at radius 2 is 2.07 bits per heavy atom. The van der Waals surface area contributed by atoms with Gasteiger partial charge >= 0.3 is 11.9 Å². The van der Waals surface area contributed by atoms with Gasteiger partial charge in [0.25, 0.3) is 0 Å². The molecule has 0 N–H and O–H groups in total. The summed E-state index contributed by atoms with van der Waals surface area (Å²) in [7, 11) is 0. The number of carbonyl (C=O) groups is 2. The second kappa shape index (κ2) is 7.52. The van der Waals surface area contributed by atoms with Crippen molar-refractivity contribution in [1.29, 1.82) is 0 Å². The molecule has 2 aromatic heterocycles. The normalized spacial score (nSPS) is 19.0. The number of nitrogens with zero attached hydrogens (tertiary/aromatic N) is 2. The van der Waals surface area contributed by atoms with E-state index in [0.29, 0.717) is 12.0 Å². The van der Waals surface area contributed by atoms with E-state index in [1.165, 1.54) is 23.0 Å². The Bertz CT molecular complexity index is 1080. The summed E-state index contributed by atoms with van der Waals surface area (Å²) in [5, 5.41) is 1.80. The molecular formula is C20H18N2O4S2. The van der Waals surface area contributed by atoms with Gasteiger partial charge in [-0.3, -0.25) is 0 Å². The van der Waals surface area contributed by atoms with Crippen molar-refractivity contribution in [3.63, 3.8) is 0 Å². The molecule has 1 aliphatic heterocycles. The highest BCUT2D eigenvalue weighted by Crippen LogP contribution is 2.38. The molecule has 6 nitrogen and oxygen atoms in total. The van der Waals surface area contributed by atoms with Gasteiger partial charge in [-0.25, -0.2) is 19.6 Å². The lowest BCUT2D eigenvalue weighted by atomic mass is 10.2. The van der Waals surface area contributed by atoms with Gasteiger partial charge in [0.2, 0.25) is 6.10 Å². The topological polar surface area (TPSA) is 78.4 Å². The number of rotatable bonds is 4. The molecule has 0 amide bonds. The molecule has 1 aliphatic rings. The van der Waals surface area contributed by atoms with Crippen LogP contribution in [-0.2, 0) is 14.3 Å². The standard InChI is InChI=1S/C20H18N2O4S2/c1-10-8-14(20(24)25-10)26-19(23)13-6-4-5-7-15(13)28-18-16-11(2)12(3)27-17(16)21-9-22-18/h4-7,9-10,14H,8H2,1-3H3/t10-,14-/m0/s1. The fourth-order valence-electron chi connectivity index (χ4n) is 3.06. The maximum Gasteiger partial charge on any atom is 0.347 e. The lowest BCUT2D eigenvalue weighted by Crippen LogP contribution is -2.23. The molecule has 0 unspecified atom stereocenters. The van der Waals surface area contributed by atoms with Gasteiger partial charge in [-0.1, -0.05) is 23.9 Å². The Morgan fingerprint density at radius 3 is 2.82 bits per heavy atom. The van der Waals surface area contributed by atoms with E-state index in [1.807, 2.05) is 12.1 Å². The van der Waals surface area contributed by atoms with Crippen LogP contribution in [0.15, 0.2) is 40.5 Å². The average Bonchev–Trinajstić information content (AvgIpc) is 3.14. The lowest BCUT2D eigenvalue weighted by molar-refractivity contribution is -0.147. The maximum atomic E-state index is 12.7. The smallest absolute Gasteiger partial charge is 0.347 e. The van der Waals surface area contributed by atoms with Crippen molar-refractivity contribution in [1.82, 2.24) is 9.97 Å². The molecule has 0 spiro atoms. The number of aryl methyl sites for hydroxylation is 2. The minimum atomic E-state index is -0.854. The zero-order valence-corrected chi connectivity index (χ0v) is 17.2. The van der Waals surface area contributed by atoms with Crippen molar-refractivity contribution in [3.05, 3.63) is 46.6 Å². The van der Waals surface area contributed by atoms with E-state index >= 15 is 0 Å². The average molecular weight is 415 g/mol. The van der Waals surface area contributed by atoms with E-state index in [-0.39, 0.29) is 6.10 Å². The van der Waals surface area contributed by atoms with Crippen LogP contribution >= 0.6 is 23.1 Å². The van der Waals surface area contributed by atoms with Crippen LogP contribution in [0, 0.1) is 13.8 Å². The summed E-state index contributed by atoms with van der Waals surface area (Å²) in [5.74, 6) is -1.03. The third-order valence-electron chi connectivity index (χ3n) is 4.62. The number of cyclic esters (lactones) is 1. The lowest BCUT2D eigenvalue weighted by Gasteiger charge is -2.11. The van der Waals surface area contributed by atoms with E-state index in [1.54, 1.807) is 30.4 Å². The Labute approximate surface area is 170 Å². The first kappa shape index (κ1) is 18.9. The summed E-state index contributed by atoms with van der Waals surface area (Å²) in [4.78, 5) is 36.1. The second-order valence-electron chi connectivity index (χ2n) is 6.62. The zero-order chi connectivity index (χ0) is 19.8. The number of hydrogen-bond acceptors (Lipinski definition) is 8. The molecule has 28 heavy (non-hydrogen) atoms. The highest BCUT2D eigenvalue weighted by molar-refractivity contribution is 7.99. The predicted molar refractivity (Wildman–Crippen MR) is 107 cm³/mol. The molecule has 1 saturated heterocycles. The van der Waals surface area contributed by atoms with Crippen LogP contribution in [0.3, 0.4) is 0 Å². The zero-order valence-electron chi connectivity index (χ0n) is 15.6. The van der Waals surface area contributed by atoms with Crippen LogP contribution < -0.4 is 0 Å². The van der Waals surface area contributed by atoms with Gasteiger partial charge in [-0.2, -0.15) is 0 Å². The van der Waals surface area contributed by atoms with Gasteiger partial charge in [-0.05, 0) is 38.5 Å². The number of hydrogen-bond donors (Lipinski definition) is 0. The van der Waals surface area contributed by atoms with E-state index in [4.69, 9.17) is 9.47 Å². The third kappa shape index (κ3) is 3.49. The minimum absolute atomic E-state index is 0.242. The predicted octanol–water partition coefficient (Wildman–Crippen LogP) is 4.32. The molecule has 4 rings (SSSR count). The first-order valence-corrected chi connectivity index (χ1v) is 10.5. The summed E-state index contributed by atoms with van der Waals surface area (Å²) >= 11 is 3.03. The number of esters is 2. The van der Waals surface area contributed by atoms with E-state index in [0.717, 1.165) is 25.7 Å². The molecule has 0 saturated carbocycles. The molecule has 0 bridgehead atoms. The van der Waals surface area contributed by atoms with Crippen LogP contribution in [0.5, 0.6) is 0 Å². The summed E-state index contributed by atoms with van der Waals surface area (Å²) in [6, 6.07) is 7.17. The van der Waals surface area contributed by atoms with E-state index in [2.05, 4.69) is 23.8 Å². The number of aromatic nitrogens is 2. The van der Waals surface area contributed by atoms with Crippen molar-refractivity contribution in [2.24, 2.45) is 0 Å². The van der Waals surface area contributed by atoms with E-state index < -0.39 is 18.0 Å². The molecule has 3 aromatic rings. The van der Waals surface area contributed by atoms with Gasteiger partial charge in [0.05, 0.1) is 5.56 Å². The molecule has 0 radical (unpaired) electrons. The number of fused-ring (bicyclic) bond motifs is 1. The van der Waals surface area contributed by atoms with Gasteiger partial charge in [-0.15, -0.1) is 11.3 Å². The van der Waals surface area contributed by atoms with Gasteiger partial charge in [0.1, 0.15) is 22.3 Å². The fourth-order valence-corrected chi connectivity index (χ4v) is 5.19. The minimum Gasteiger partial charge on any atom is -0.460 e. The SMILES string of the molecule is Cc1sc2ncnc(Sc3ccccc3C(=O)O[C@H]3C[C@H](C)OC3=O)c2c1C. The van der Waals surface area contributed by atoms with Crippen LogP contribution in [0.1, 0.15) is 34.1 Å². The number of carbonyl (C=O) groups excluding carboxylic acids is 2. The molecule has 1 fully saturated rings. The second-order valence-corrected chi connectivity index (χ2v) is 8.85. The molecular weight excluding hydrogens is 396 g/mol. The summed E-state index contributed by atoms with van der Waals surface area (Å²) < 4.78 is 10.5. The third-order valence-corrected chi connectivity index (χ3v) is 6.81. The quantitative estimate of drug-likeness (QED) is 0.465. The van der Waals surface area contributed by atoms with Crippen LogP contribution in [0.4, 0.5) is 0 Å². The van der Waals surface area contributed by atoms with Gasteiger partial charge in [0.15, 0.2) is 0 Å². The monoisotopic (exact) mass is 414 g/mol. The first-order valence-electron chi connectivity index (χ1n) is 8.83. The van der Waals surface area contributed by atoms with Gasteiger partial charge < -0.3 is 9.47 Å². The first-order chi connectivity index (χ1) is 13.4. The van der Waals surface area contributed by atoms with E-state index in [9.17, 15) is 9.59 Å². The number of benzene rings is 1. The molecule has 0 aliphatic carbocycles. The van der Waals surface area contributed by atoms with Crippen molar-refractivity contribution in [2.75, 3.05) is 0 Å². The van der Waals surface area contributed by atoms with Crippen LogP contribution in [0.25, 0.3) is 10.2 Å². The Hall–Kier alpha value is -2.45. The summed E-state index contributed by atoms with van der Waals surface area (Å²) in [6.45, 7) is 5.89. The summed E-state index contributed by atoms with van der Waals surface area (Å²) in [5.41, 5.74) is 1.54. The van der Waals surface area contributed by atoms with Crippen molar-refractivity contribution in [3.8, 4) is 0 Å². The van der Waals surface area contributed by atoms with Crippen LogP contribution in [-0.4, -0.2) is 34.1 Å². The van der Waals surface area contributed by atoms with Crippen molar-refractivity contribution in [2.45, 2.75) is 49.3 Å². The van der Waals surface area contributed by atoms with Crippen LogP contribution in [0.2, 0.25) is 0 Å². The molecule has 3 heterocycles. The number of ether oxygens (including phenoxy) is 2. The Balaban J connectivity index is 1.64. The number of thiophene rings is 1. The largest absolute Gasteiger partial charge is 0.460 e. The van der Waals surface area contributed by atoms with Crippen molar-refractivity contribution < 1.29 is 19.1 Å². The fraction of sp³-hybridized carbons (Fsp3) is 0.300. The van der Waals surface area contributed by atoms with Gasteiger partial charge in [0, 0.05) is 21.6 Å². The van der Waals surface area contributed by atoms with Crippen molar-refractivity contribution >= 4 is 45.3 Å². The molecule has 2 atom stereocenters. The highest BCUT2D eigenvalue weighted by Gasteiger charge is 2.35. The Morgan fingerprint density at radius 1 is 1.29 bits per heavy atom. The molecule has 144 valence electrons. The molecule has 1 aromatic carbocycles. The Kier molecular flexibility index (Phi) is 5.07. The maximum absolute atomic E-state index is 12.7. The summed E-state index contributed by atoms with van der Waals surface area (Å²) in [6.07, 6.45) is 0.818.